The summed E-state index contributed by atoms with van der Waals surface area (Å²) in [6.07, 6.45) is 2.49. The Morgan fingerprint density at radius 1 is 1.00 bits per heavy atom. The van der Waals surface area contributed by atoms with Gasteiger partial charge in [-0.25, -0.2) is 4.39 Å². The first-order valence-electron chi connectivity index (χ1n) is 7.01. The van der Waals surface area contributed by atoms with E-state index in [1.807, 2.05) is 18.2 Å². The van der Waals surface area contributed by atoms with Crippen LogP contribution in [0.25, 0.3) is 0 Å². The molecule has 0 bridgehead atoms. The van der Waals surface area contributed by atoms with E-state index in [1.54, 1.807) is 20.0 Å². The van der Waals surface area contributed by atoms with Gasteiger partial charge in [0.05, 0.1) is 0 Å². The third-order valence-corrected chi connectivity index (χ3v) is 3.67. The Balaban J connectivity index is 1.79. The third kappa shape index (κ3) is 2.79. The molecule has 0 saturated carbocycles. The van der Waals surface area contributed by atoms with E-state index >= 15 is 0 Å². The highest BCUT2D eigenvalue weighted by molar-refractivity contribution is 6.32. The average Bonchev–Trinajstić information content (AvgIpc) is 2.97. The van der Waals surface area contributed by atoms with Crippen LogP contribution in [-0.4, -0.2) is 20.9 Å². The van der Waals surface area contributed by atoms with Gasteiger partial charge in [0, 0.05) is 30.9 Å². The predicted octanol–water partition coefficient (Wildman–Crippen LogP) is 2.48. The molecule has 1 aliphatic heterocycles. The van der Waals surface area contributed by atoms with E-state index in [1.165, 1.54) is 24.6 Å². The molecule has 3 rings (SSSR count). The van der Waals surface area contributed by atoms with Crippen LogP contribution < -0.4 is 15.1 Å². The van der Waals surface area contributed by atoms with Crippen molar-refractivity contribution >= 4 is 19.0 Å². The highest BCUT2D eigenvalue weighted by Gasteiger charge is 2.12. The Hall–Kier alpha value is -1.97. The van der Waals surface area contributed by atoms with Gasteiger partial charge in [-0.2, -0.15) is 0 Å². The van der Waals surface area contributed by atoms with Crippen LogP contribution in [0.4, 0.5) is 10.1 Å². The van der Waals surface area contributed by atoms with Gasteiger partial charge < -0.3 is 9.64 Å². The first-order chi connectivity index (χ1) is 9.72. The maximum Gasteiger partial charge on any atom is 0.143 e. The van der Waals surface area contributed by atoms with Gasteiger partial charge in [-0.05, 0) is 31.0 Å². The van der Waals surface area contributed by atoms with Crippen molar-refractivity contribution in [3.63, 3.8) is 0 Å². The third-order valence-electron chi connectivity index (χ3n) is 3.67. The zero-order valence-electron chi connectivity index (χ0n) is 11.6. The zero-order valence-corrected chi connectivity index (χ0v) is 11.6. The smallest absolute Gasteiger partial charge is 0.143 e. The molecule has 0 N–H and O–H groups in total. The highest BCUT2D eigenvalue weighted by atomic mass is 19.1. The lowest BCUT2D eigenvalue weighted by Crippen LogP contribution is -2.17. The minimum Gasteiger partial charge on any atom is -0.457 e. The van der Waals surface area contributed by atoms with Gasteiger partial charge in [0.25, 0.3) is 0 Å². The zero-order chi connectivity index (χ0) is 13.9. The Labute approximate surface area is 119 Å². The van der Waals surface area contributed by atoms with Crippen LogP contribution >= 0.6 is 0 Å². The van der Waals surface area contributed by atoms with Gasteiger partial charge >= 0.3 is 0 Å². The van der Waals surface area contributed by atoms with E-state index < -0.39 is 0 Å². The number of nitrogens with zero attached hydrogens (tertiary/aromatic N) is 1. The summed E-state index contributed by atoms with van der Waals surface area (Å²) in [5.41, 5.74) is 1.80. The van der Waals surface area contributed by atoms with E-state index in [0.29, 0.717) is 11.2 Å². The monoisotopic (exact) mass is 269 g/mol. The van der Waals surface area contributed by atoms with Crippen molar-refractivity contribution < 1.29 is 9.13 Å². The number of benzene rings is 2. The number of hydrogen-bond donors (Lipinski definition) is 0. The molecule has 1 heterocycles. The van der Waals surface area contributed by atoms with Crippen LogP contribution in [0.5, 0.6) is 11.5 Å². The molecule has 102 valence electrons. The highest BCUT2D eigenvalue weighted by Crippen LogP contribution is 2.27. The Bertz CT molecular complexity index is 611. The molecule has 2 aromatic rings. The van der Waals surface area contributed by atoms with Crippen LogP contribution in [0.1, 0.15) is 12.8 Å². The molecule has 1 saturated heterocycles. The standard InChI is InChI=1S/C16H17BFNO/c17-15-7-6-14(11-16(15)18)20-13-5-3-4-12(10-13)19-8-1-2-9-19/h3-7,10-11H,1-2,8-9,17H2. The lowest BCUT2D eigenvalue weighted by molar-refractivity contribution is 0.477. The van der Waals surface area contributed by atoms with Gasteiger partial charge in [-0.3, -0.25) is 0 Å². The molecule has 0 spiro atoms. The normalized spacial score (nSPS) is 14.6. The first-order valence-corrected chi connectivity index (χ1v) is 7.01. The number of ether oxygens (including phenoxy) is 1. The summed E-state index contributed by atoms with van der Waals surface area (Å²) in [5, 5.41) is 0. The summed E-state index contributed by atoms with van der Waals surface area (Å²) in [4.78, 5) is 2.35. The minimum absolute atomic E-state index is 0.238. The summed E-state index contributed by atoms with van der Waals surface area (Å²) in [7, 11) is 1.74. The molecule has 1 fully saturated rings. The molecular formula is C16H17BFNO. The molecule has 0 aromatic heterocycles. The van der Waals surface area contributed by atoms with Crippen LogP contribution in [-0.2, 0) is 0 Å². The van der Waals surface area contributed by atoms with Crippen molar-refractivity contribution in [1.82, 2.24) is 0 Å². The predicted molar refractivity (Wildman–Crippen MR) is 82.5 cm³/mol. The Kier molecular flexibility index (Phi) is 3.63. The molecule has 4 heteroatoms. The van der Waals surface area contributed by atoms with E-state index in [9.17, 15) is 4.39 Å². The Morgan fingerprint density at radius 3 is 2.50 bits per heavy atom. The maximum absolute atomic E-state index is 13.5. The molecule has 0 aliphatic carbocycles. The van der Waals surface area contributed by atoms with Gasteiger partial charge in [-0.15, -0.1) is 0 Å². The minimum atomic E-state index is -0.238. The van der Waals surface area contributed by atoms with Crippen molar-refractivity contribution in [2.45, 2.75) is 12.8 Å². The van der Waals surface area contributed by atoms with Gasteiger partial charge in [0.15, 0.2) is 0 Å². The van der Waals surface area contributed by atoms with Crippen LogP contribution in [0, 0.1) is 5.82 Å². The fourth-order valence-corrected chi connectivity index (χ4v) is 2.49. The second-order valence-electron chi connectivity index (χ2n) is 5.20. The lowest BCUT2D eigenvalue weighted by atomic mass is 9.96. The molecule has 0 amide bonds. The second-order valence-corrected chi connectivity index (χ2v) is 5.20. The second kappa shape index (κ2) is 5.57. The maximum atomic E-state index is 13.5. The quantitative estimate of drug-likeness (QED) is 0.794. The SMILES string of the molecule is Bc1ccc(Oc2cccc(N3CCCC3)c2)cc1F. The number of rotatable bonds is 3. The first kappa shape index (κ1) is 13.0. The number of hydrogen-bond acceptors (Lipinski definition) is 2. The van der Waals surface area contributed by atoms with Crippen molar-refractivity contribution in [3.05, 3.63) is 48.3 Å². The van der Waals surface area contributed by atoms with E-state index in [-0.39, 0.29) is 5.82 Å². The van der Waals surface area contributed by atoms with E-state index in [0.717, 1.165) is 18.8 Å². The van der Waals surface area contributed by atoms with Gasteiger partial charge in [0.1, 0.15) is 25.2 Å². The van der Waals surface area contributed by atoms with Crippen LogP contribution in [0.2, 0.25) is 0 Å². The summed E-state index contributed by atoms with van der Waals surface area (Å²) in [5.74, 6) is 1.04. The fraction of sp³-hybridized carbons (Fsp3) is 0.250. The van der Waals surface area contributed by atoms with Crippen LogP contribution in [0.3, 0.4) is 0 Å². The molecule has 0 radical (unpaired) electrons. The van der Waals surface area contributed by atoms with Crippen LogP contribution in [0.15, 0.2) is 42.5 Å². The molecule has 0 atom stereocenters. The molecule has 2 nitrogen and oxygen atoms in total. The molecule has 1 aliphatic rings. The molecule has 20 heavy (non-hydrogen) atoms. The topological polar surface area (TPSA) is 12.5 Å². The molecule has 2 aromatic carbocycles. The summed E-state index contributed by atoms with van der Waals surface area (Å²) < 4.78 is 19.3. The molecular weight excluding hydrogens is 252 g/mol. The van der Waals surface area contributed by atoms with Crippen molar-refractivity contribution in [1.29, 1.82) is 0 Å². The average molecular weight is 269 g/mol. The van der Waals surface area contributed by atoms with Crippen molar-refractivity contribution in [2.24, 2.45) is 0 Å². The van der Waals surface area contributed by atoms with E-state index in [4.69, 9.17) is 4.74 Å². The van der Waals surface area contributed by atoms with Crippen molar-refractivity contribution in [2.75, 3.05) is 18.0 Å². The Morgan fingerprint density at radius 2 is 1.75 bits per heavy atom. The van der Waals surface area contributed by atoms with Gasteiger partial charge in [-0.1, -0.05) is 17.6 Å². The number of anilines is 1. The fourth-order valence-electron chi connectivity index (χ4n) is 2.49. The summed E-state index contributed by atoms with van der Waals surface area (Å²) in [6.45, 7) is 2.20. The summed E-state index contributed by atoms with van der Waals surface area (Å²) >= 11 is 0. The largest absolute Gasteiger partial charge is 0.457 e. The van der Waals surface area contributed by atoms with Gasteiger partial charge in [0.2, 0.25) is 0 Å². The summed E-state index contributed by atoms with van der Waals surface area (Å²) in [6, 6.07) is 12.9. The molecule has 0 unspecified atom stereocenters. The van der Waals surface area contributed by atoms with Crippen molar-refractivity contribution in [3.8, 4) is 11.5 Å². The van der Waals surface area contributed by atoms with E-state index in [2.05, 4.69) is 11.0 Å². The lowest BCUT2D eigenvalue weighted by Gasteiger charge is -2.18. The number of halogens is 1.